The molecule has 0 saturated heterocycles. The molecule has 0 bridgehead atoms. The van der Waals surface area contributed by atoms with Crippen molar-refractivity contribution in [2.45, 2.75) is 71.1 Å². The Kier molecular flexibility index (Phi) is 15.2. The molecular formula is C15H30S. The first-order chi connectivity index (χ1) is 7.91. The maximum atomic E-state index is 2.39. The summed E-state index contributed by atoms with van der Waals surface area (Å²) in [7, 11) is 0. The SMILES string of the molecule is CCCCCCC/C=C\CCCCCSC. The molecule has 0 aromatic carbocycles. The fourth-order valence-corrected chi connectivity index (χ4v) is 2.28. The summed E-state index contributed by atoms with van der Waals surface area (Å²) in [6.07, 6.45) is 20.8. The Balaban J connectivity index is 2.98. The first-order valence-corrected chi connectivity index (χ1v) is 8.45. The Bertz CT molecular complexity index is 124. The monoisotopic (exact) mass is 242 g/mol. The molecule has 0 fully saturated rings. The molecule has 0 unspecified atom stereocenters. The summed E-state index contributed by atoms with van der Waals surface area (Å²) in [5.41, 5.74) is 0. The summed E-state index contributed by atoms with van der Waals surface area (Å²) in [6.45, 7) is 2.27. The highest BCUT2D eigenvalue weighted by Crippen LogP contribution is 2.07. The van der Waals surface area contributed by atoms with Gasteiger partial charge in [-0.25, -0.2) is 0 Å². The number of hydrogen-bond acceptors (Lipinski definition) is 1. The average Bonchev–Trinajstić information content (AvgIpc) is 2.31. The van der Waals surface area contributed by atoms with E-state index in [0.29, 0.717) is 0 Å². The van der Waals surface area contributed by atoms with Crippen LogP contribution < -0.4 is 0 Å². The smallest absolute Gasteiger partial charge is 0.00703 e. The topological polar surface area (TPSA) is 0 Å². The number of allylic oxidation sites excluding steroid dienone is 2. The van der Waals surface area contributed by atoms with Gasteiger partial charge in [0.05, 0.1) is 0 Å². The molecule has 0 atom stereocenters. The Labute approximate surface area is 107 Å². The van der Waals surface area contributed by atoms with Gasteiger partial charge >= 0.3 is 0 Å². The van der Waals surface area contributed by atoms with Gasteiger partial charge in [0.1, 0.15) is 0 Å². The standard InChI is InChI=1S/C15H30S/c1-3-4-5-6-7-8-9-10-11-12-13-14-15-16-2/h9-10H,3-8,11-15H2,1-2H3/b10-9-. The second kappa shape index (κ2) is 15.1. The van der Waals surface area contributed by atoms with E-state index in [1.54, 1.807) is 0 Å². The summed E-state index contributed by atoms with van der Waals surface area (Å²) in [5.74, 6) is 1.33. The van der Waals surface area contributed by atoms with Gasteiger partial charge < -0.3 is 0 Å². The second-order valence-electron chi connectivity index (χ2n) is 4.52. The van der Waals surface area contributed by atoms with Crippen molar-refractivity contribution in [1.29, 1.82) is 0 Å². The minimum atomic E-state index is 1.29. The molecule has 0 heterocycles. The minimum Gasteiger partial charge on any atom is -0.165 e. The van der Waals surface area contributed by atoms with Crippen molar-refractivity contribution in [3.05, 3.63) is 12.2 Å². The molecule has 0 nitrogen and oxygen atoms in total. The van der Waals surface area contributed by atoms with E-state index in [0.717, 1.165) is 0 Å². The molecule has 0 aliphatic carbocycles. The molecule has 96 valence electrons. The molecule has 0 aliphatic rings. The lowest BCUT2D eigenvalue weighted by molar-refractivity contribution is 0.636. The van der Waals surface area contributed by atoms with Crippen LogP contribution in [-0.4, -0.2) is 12.0 Å². The van der Waals surface area contributed by atoms with Gasteiger partial charge in [0.25, 0.3) is 0 Å². The third-order valence-corrected chi connectivity index (χ3v) is 3.56. The van der Waals surface area contributed by atoms with Gasteiger partial charge in [-0.15, -0.1) is 0 Å². The van der Waals surface area contributed by atoms with Crippen LogP contribution in [0.4, 0.5) is 0 Å². The van der Waals surface area contributed by atoms with E-state index in [-0.39, 0.29) is 0 Å². The molecule has 0 aromatic rings. The van der Waals surface area contributed by atoms with Crippen LogP contribution in [0.15, 0.2) is 12.2 Å². The fraction of sp³-hybridized carbons (Fsp3) is 0.867. The molecule has 0 spiro atoms. The van der Waals surface area contributed by atoms with Crippen molar-refractivity contribution < 1.29 is 0 Å². The van der Waals surface area contributed by atoms with Gasteiger partial charge in [-0.05, 0) is 44.1 Å². The quantitative estimate of drug-likeness (QED) is 0.306. The molecule has 0 N–H and O–H groups in total. The van der Waals surface area contributed by atoms with Crippen LogP contribution in [0.2, 0.25) is 0 Å². The van der Waals surface area contributed by atoms with Gasteiger partial charge in [-0.1, -0.05) is 51.2 Å². The fourth-order valence-electron chi connectivity index (χ4n) is 1.79. The van der Waals surface area contributed by atoms with Gasteiger partial charge in [0.15, 0.2) is 0 Å². The first kappa shape index (κ1) is 16.1. The summed E-state index contributed by atoms with van der Waals surface area (Å²) >= 11 is 1.96. The van der Waals surface area contributed by atoms with Crippen LogP contribution in [0.1, 0.15) is 71.1 Å². The number of hydrogen-bond donors (Lipinski definition) is 0. The molecule has 0 rings (SSSR count). The summed E-state index contributed by atoms with van der Waals surface area (Å²) in [6, 6.07) is 0. The lowest BCUT2D eigenvalue weighted by Gasteiger charge is -1.97. The van der Waals surface area contributed by atoms with Gasteiger partial charge in [-0.2, -0.15) is 11.8 Å². The zero-order valence-corrected chi connectivity index (χ0v) is 12.2. The highest BCUT2D eigenvalue weighted by Gasteiger charge is 1.88. The first-order valence-electron chi connectivity index (χ1n) is 7.05. The normalized spacial score (nSPS) is 11.4. The minimum absolute atomic E-state index is 1.29. The van der Waals surface area contributed by atoms with E-state index in [9.17, 15) is 0 Å². The lowest BCUT2D eigenvalue weighted by atomic mass is 10.1. The van der Waals surface area contributed by atoms with Crippen LogP contribution in [0.5, 0.6) is 0 Å². The Morgan fingerprint density at radius 2 is 1.31 bits per heavy atom. The molecule has 0 saturated carbocycles. The van der Waals surface area contributed by atoms with Gasteiger partial charge in [0.2, 0.25) is 0 Å². The third-order valence-electron chi connectivity index (χ3n) is 2.86. The van der Waals surface area contributed by atoms with Crippen molar-refractivity contribution in [3.8, 4) is 0 Å². The van der Waals surface area contributed by atoms with Crippen LogP contribution in [0.3, 0.4) is 0 Å². The average molecular weight is 242 g/mol. The van der Waals surface area contributed by atoms with E-state index in [2.05, 4.69) is 25.3 Å². The van der Waals surface area contributed by atoms with Crippen molar-refractivity contribution in [2.24, 2.45) is 0 Å². The van der Waals surface area contributed by atoms with E-state index < -0.39 is 0 Å². The summed E-state index contributed by atoms with van der Waals surface area (Å²) < 4.78 is 0. The van der Waals surface area contributed by atoms with Crippen LogP contribution in [0.25, 0.3) is 0 Å². The van der Waals surface area contributed by atoms with Gasteiger partial charge in [0, 0.05) is 0 Å². The maximum absolute atomic E-state index is 2.39. The van der Waals surface area contributed by atoms with Crippen LogP contribution >= 0.6 is 11.8 Å². The number of rotatable bonds is 12. The second-order valence-corrected chi connectivity index (χ2v) is 5.50. The third kappa shape index (κ3) is 14.1. The van der Waals surface area contributed by atoms with Crippen molar-refractivity contribution in [3.63, 3.8) is 0 Å². The molecule has 0 aromatic heterocycles. The van der Waals surface area contributed by atoms with Crippen molar-refractivity contribution in [2.75, 3.05) is 12.0 Å². The summed E-state index contributed by atoms with van der Waals surface area (Å²) in [5, 5.41) is 0. The molecule has 0 radical (unpaired) electrons. The summed E-state index contributed by atoms with van der Waals surface area (Å²) in [4.78, 5) is 0. The van der Waals surface area contributed by atoms with Crippen LogP contribution in [-0.2, 0) is 0 Å². The number of thioether (sulfide) groups is 1. The Morgan fingerprint density at radius 3 is 1.88 bits per heavy atom. The van der Waals surface area contributed by atoms with E-state index in [1.807, 2.05) is 11.8 Å². The zero-order valence-electron chi connectivity index (χ0n) is 11.3. The Hall–Kier alpha value is 0.0900. The predicted octanol–water partition coefficient (Wildman–Crippen LogP) is 5.83. The number of unbranched alkanes of at least 4 members (excludes halogenated alkanes) is 8. The maximum Gasteiger partial charge on any atom is -0.00703 e. The zero-order chi connectivity index (χ0) is 11.9. The predicted molar refractivity (Wildman–Crippen MR) is 79.4 cm³/mol. The largest absolute Gasteiger partial charge is 0.165 e. The van der Waals surface area contributed by atoms with E-state index in [1.165, 1.54) is 70.0 Å². The lowest BCUT2D eigenvalue weighted by Crippen LogP contribution is -1.79. The molecular weight excluding hydrogens is 212 g/mol. The van der Waals surface area contributed by atoms with Crippen LogP contribution in [0, 0.1) is 0 Å². The molecule has 0 amide bonds. The van der Waals surface area contributed by atoms with E-state index in [4.69, 9.17) is 0 Å². The van der Waals surface area contributed by atoms with Crippen molar-refractivity contribution >= 4 is 11.8 Å². The molecule has 16 heavy (non-hydrogen) atoms. The van der Waals surface area contributed by atoms with E-state index >= 15 is 0 Å². The van der Waals surface area contributed by atoms with Gasteiger partial charge in [-0.3, -0.25) is 0 Å². The highest BCUT2D eigenvalue weighted by atomic mass is 32.2. The molecule has 0 aliphatic heterocycles. The highest BCUT2D eigenvalue weighted by molar-refractivity contribution is 7.98. The Morgan fingerprint density at radius 1 is 0.750 bits per heavy atom. The van der Waals surface area contributed by atoms with Crippen molar-refractivity contribution in [1.82, 2.24) is 0 Å². The molecule has 1 heteroatoms.